The topological polar surface area (TPSA) is 74.7 Å². The molecular formula is C15H14BrNO4. The van der Waals surface area contributed by atoms with E-state index >= 15 is 0 Å². The summed E-state index contributed by atoms with van der Waals surface area (Å²) in [6.45, 7) is 0. The van der Waals surface area contributed by atoms with Gasteiger partial charge in [0.2, 0.25) is 0 Å². The fourth-order valence-corrected chi connectivity index (χ4v) is 4.09. The zero-order chi connectivity index (χ0) is 15.2. The van der Waals surface area contributed by atoms with Crippen molar-refractivity contribution < 1.29 is 19.5 Å². The summed E-state index contributed by atoms with van der Waals surface area (Å²) < 4.78 is -0.529. The third-order valence-corrected chi connectivity index (χ3v) is 5.19. The lowest BCUT2D eigenvalue weighted by atomic mass is 10.0. The monoisotopic (exact) mass is 351 g/mol. The first-order valence-corrected chi connectivity index (χ1v) is 7.58. The molecule has 6 heteroatoms. The number of imide groups is 1. The Hall–Kier alpha value is -1.69. The van der Waals surface area contributed by atoms with Crippen molar-refractivity contribution in [3.05, 3.63) is 35.4 Å². The van der Waals surface area contributed by atoms with Crippen LogP contribution in [0, 0.1) is 0 Å². The number of hydrogen-bond donors (Lipinski definition) is 1. The van der Waals surface area contributed by atoms with Gasteiger partial charge in [-0.15, -0.1) is 0 Å². The summed E-state index contributed by atoms with van der Waals surface area (Å²) in [7, 11) is 0. The fourth-order valence-electron chi connectivity index (χ4n) is 3.24. The van der Waals surface area contributed by atoms with Crippen LogP contribution in [0.5, 0.6) is 0 Å². The number of hydrogen-bond acceptors (Lipinski definition) is 3. The molecule has 5 nitrogen and oxygen atoms in total. The molecule has 1 aromatic carbocycles. The SMILES string of the molecule is O=C(O)CC1(Br)CCC(N2C(=O)c3ccccc3C2=O)C1. The Morgan fingerprint density at radius 1 is 1.29 bits per heavy atom. The van der Waals surface area contributed by atoms with E-state index in [1.54, 1.807) is 24.3 Å². The van der Waals surface area contributed by atoms with E-state index < -0.39 is 10.3 Å². The molecule has 0 aromatic heterocycles. The second kappa shape index (κ2) is 4.94. The van der Waals surface area contributed by atoms with Gasteiger partial charge in [-0.05, 0) is 31.4 Å². The van der Waals surface area contributed by atoms with Gasteiger partial charge in [0.15, 0.2) is 0 Å². The highest BCUT2D eigenvalue weighted by Gasteiger charge is 2.47. The molecule has 2 aliphatic rings. The summed E-state index contributed by atoms with van der Waals surface area (Å²) >= 11 is 3.48. The van der Waals surface area contributed by atoms with Crippen molar-refractivity contribution in [2.24, 2.45) is 0 Å². The molecule has 2 unspecified atom stereocenters. The van der Waals surface area contributed by atoms with Crippen molar-refractivity contribution in [3.63, 3.8) is 0 Å². The van der Waals surface area contributed by atoms with E-state index in [9.17, 15) is 14.4 Å². The number of carboxylic acid groups (broad SMARTS) is 1. The van der Waals surface area contributed by atoms with Gasteiger partial charge < -0.3 is 5.11 Å². The quantitative estimate of drug-likeness (QED) is 0.670. The van der Waals surface area contributed by atoms with E-state index in [2.05, 4.69) is 15.9 Å². The molecule has 21 heavy (non-hydrogen) atoms. The molecule has 110 valence electrons. The number of amides is 2. The van der Waals surface area contributed by atoms with Crippen molar-refractivity contribution in [1.29, 1.82) is 0 Å². The number of carbonyl (C=O) groups excluding carboxylic acids is 2. The highest BCUT2D eigenvalue weighted by molar-refractivity contribution is 9.10. The molecule has 1 aliphatic heterocycles. The minimum atomic E-state index is -0.880. The summed E-state index contributed by atoms with van der Waals surface area (Å²) in [5.74, 6) is -1.42. The van der Waals surface area contributed by atoms with Gasteiger partial charge in [-0.3, -0.25) is 19.3 Å². The van der Waals surface area contributed by atoms with Crippen molar-refractivity contribution >= 4 is 33.7 Å². The second-order valence-electron chi connectivity index (χ2n) is 5.64. The van der Waals surface area contributed by atoms with E-state index in [4.69, 9.17) is 5.11 Å². The van der Waals surface area contributed by atoms with Crippen LogP contribution in [0.1, 0.15) is 46.4 Å². The average Bonchev–Trinajstić information content (AvgIpc) is 2.90. The van der Waals surface area contributed by atoms with Crippen LogP contribution in [0.4, 0.5) is 0 Å². The molecule has 1 fully saturated rings. The van der Waals surface area contributed by atoms with Crippen molar-refractivity contribution in [1.82, 2.24) is 4.90 Å². The predicted molar refractivity (Wildman–Crippen MR) is 78.5 cm³/mol. The summed E-state index contributed by atoms with van der Waals surface area (Å²) in [5, 5.41) is 8.96. The average molecular weight is 352 g/mol. The number of carboxylic acids is 1. The number of carbonyl (C=O) groups is 3. The molecule has 1 N–H and O–H groups in total. The Morgan fingerprint density at radius 3 is 2.38 bits per heavy atom. The number of nitrogens with zero attached hydrogens (tertiary/aromatic N) is 1. The Morgan fingerprint density at radius 2 is 1.86 bits per heavy atom. The highest BCUT2D eigenvalue weighted by atomic mass is 79.9. The Kier molecular flexibility index (Phi) is 3.36. The molecule has 2 atom stereocenters. The molecule has 1 aliphatic carbocycles. The Balaban J connectivity index is 1.83. The first kappa shape index (κ1) is 14.3. The summed E-state index contributed by atoms with van der Waals surface area (Å²) in [5.41, 5.74) is 0.876. The van der Waals surface area contributed by atoms with Gasteiger partial charge in [-0.25, -0.2) is 0 Å². The van der Waals surface area contributed by atoms with Crippen molar-refractivity contribution in [2.45, 2.75) is 36.0 Å². The highest BCUT2D eigenvalue weighted by Crippen LogP contribution is 2.44. The number of rotatable bonds is 3. The minimum Gasteiger partial charge on any atom is -0.481 e. The third kappa shape index (κ3) is 2.37. The molecule has 0 bridgehead atoms. The fraction of sp³-hybridized carbons (Fsp3) is 0.400. The van der Waals surface area contributed by atoms with Gasteiger partial charge in [0.05, 0.1) is 17.5 Å². The lowest BCUT2D eigenvalue weighted by Crippen LogP contribution is -2.39. The van der Waals surface area contributed by atoms with Crippen LogP contribution < -0.4 is 0 Å². The van der Waals surface area contributed by atoms with Gasteiger partial charge in [0.25, 0.3) is 11.8 Å². The molecule has 1 heterocycles. The Labute approximate surface area is 130 Å². The molecule has 1 saturated carbocycles. The van der Waals surface area contributed by atoms with Gasteiger partial charge >= 0.3 is 5.97 Å². The molecule has 0 radical (unpaired) electrons. The van der Waals surface area contributed by atoms with E-state index in [-0.39, 0.29) is 24.3 Å². The van der Waals surface area contributed by atoms with Crippen LogP contribution in [0.3, 0.4) is 0 Å². The van der Waals surface area contributed by atoms with Gasteiger partial charge in [0.1, 0.15) is 0 Å². The summed E-state index contributed by atoms with van der Waals surface area (Å²) in [6, 6.07) is 6.55. The zero-order valence-corrected chi connectivity index (χ0v) is 12.8. The number of halogens is 1. The molecule has 2 amide bonds. The summed E-state index contributed by atoms with van der Waals surface area (Å²) in [6.07, 6.45) is 1.73. The molecular weight excluding hydrogens is 338 g/mol. The van der Waals surface area contributed by atoms with Crippen LogP contribution in [-0.4, -0.2) is 38.2 Å². The van der Waals surface area contributed by atoms with Crippen molar-refractivity contribution in [3.8, 4) is 0 Å². The van der Waals surface area contributed by atoms with Crippen LogP contribution >= 0.6 is 15.9 Å². The largest absolute Gasteiger partial charge is 0.481 e. The zero-order valence-electron chi connectivity index (χ0n) is 11.2. The number of fused-ring (bicyclic) bond motifs is 1. The van der Waals surface area contributed by atoms with Crippen LogP contribution in [0.2, 0.25) is 0 Å². The van der Waals surface area contributed by atoms with Crippen LogP contribution in [0.25, 0.3) is 0 Å². The van der Waals surface area contributed by atoms with Crippen molar-refractivity contribution in [2.75, 3.05) is 0 Å². The first-order chi connectivity index (χ1) is 9.91. The number of benzene rings is 1. The third-order valence-electron chi connectivity index (χ3n) is 4.19. The maximum Gasteiger partial charge on any atom is 0.304 e. The normalized spacial score (nSPS) is 28.0. The van der Waals surface area contributed by atoms with E-state index in [0.717, 1.165) is 0 Å². The maximum atomic E-state index is 12.4. The van der Waals surface area contributed by atoms with Gasteiger partial charge in [0, 0.05) is 10.4 Å². The number of aliphatic carboxylic acids is 1. The van der Waals surface area contributed by atoms with Crippen LogP contribution in [0.15, 0.2) is 24.3 Å². The minimum absolute atomic E-state index is 0.00727. The predicted octanol–water partition coefficient (Wildman–Crippen LogP) is 2.44. The number of alkyl halides is 1. The van der Waals surface area contributed by atoms with E-state index in [1.807, 2.05) is 0 Å². The molecule has 3 rings (SSSR count). The molecule has 0 spiro atoms. The second-order valence-corrected chi connectivity index (χ2v) is 7.33. The van der Waals surface area contributed by atoms with E-state index in [1.165, 1.54) is 4.90 Å². The molecule has 1 aromatic rings. The van der Waals surface area contributed by atoms with Gasteiger partial charge in [-0.1, -0.05) is 28.1 Å². The van der Waals surface area contributed by atoms with Gasteiger partial charge in [-0.2, -0.15) is 0 Å². The maximum absolute atomic E-state index is 12.4. The standard InChI is InChI=1S/C15H14BrNO4/c16-15(8-12(18)19)6-5-9(7-15)17-13(20)10-3-1-2-4-11(10)14(17)21/h1-4,9H,5-8H2,(H,18,19). The lowest BCUT2D eigenvalue weighted by molar-refractivity contribution is -0.137. The van der Waals surface area contributed by atoms with Crippen LogP contribution in [-0.2, 0) is 4.79 Å². The molecule has 0 saturated heterocycles. The summed E-state index contributed by atoms with van der Waals surface area (Å²) in [4.78, 5) is 37.0. The first-order valence-electron chi connectivity index (χ1n) is 6.79. The Bertz CT molecular complexity index is 609. The smallest absolute Gasteiger partial charge is 0.304 e. The lowest BCUT2D eigenvalue weighted by Gasteiger charge is -2.24. The van der Waals surface area contributed by atoms with E-state index in [0.29, 0.717) is 30.4 Å².